The summed E-state index contributed by atoms with van der Waals surface area (Å²) in [6.45, 7) is 8.01. The number of nitrogens with zero attached hydrogens (tertiary/aromatic N) is 3. The minimum atomic E-state index is -0.0953. The fourth-order valence-corrected chi connectivity index (χ4v) is 2.21. The van der Waals surface area contributed by atoms with Gasteiger partial charge in [-0.05, 0) is 33.8 Å². The van der Waals surface area contributed by atoms with Gasteiger partial charge in [0.15, 0.2) is 0 Å². The van der Waals surface area contributed by atoms with Crippen molar-refractivity contribution in [1.82, 2.24) is 25.3 Å². The smallest absolute Gasteiger partial charge is 0.255 e. The zero-order valence-electron chi connectivity index (χ0n) is 12.2. The Balaban J connectivity index is 2.13. The van der Waals surface area contributed by atoms with Gasteiger partial charge in [-0.25, -0.2) is 15.0 Å². The summed E-state index contributed by atoms with van der Waals surface area (Å²) >= 11 is 0. The summed E-state index contributed by atoms with van der Waals surface area (Å²) in [5, 5.41) is 3.29. The maximum atomic E-state index is 12.0. The quantitative estimate of drug-likeness (QED) is 0.878. The predicted molar refractivity (Wildman–Crippen MR) is 76.4 cm³/mol. The van der Waals surface area contributed by atoms with Crippen molar-refractivity contribution in [2.75, 3.05) is 0 Å². The summed E-state index contributed by atoms with van der Waals surface area (Å²) in [5.41, 5.74) is 2.24. The molecule has 0 aliphatic heterocycles. The average molecular weight is 273 g/mol. The molecule has 0 bridgehead atoms. The Bertz CT molecular complexity index is 665. The van der Waals surface area contributed by atoms with Crippen LogP contribution >= 0.6 is 0 Å². The highest BCUT2D eigenvalue weighted by Gasteiger charge is 2.14. The van der Waals surface area contributed by atoms with E-state index >= 15 is 0 Å². The summed E-state index contributed by atoms with van der Waals surface area (Å²) in [6, 6.07) is 1.76. The van der Waals surface area contributed by atoms with Crippen LogP contribution in [0.5, 0.6) is 0 Å². The van der Waals surface area contributed by atoms with Crippen LogP contribution in [-0.2, 0) is 6.54 Å². The molecule has 0 saturated heterocycles. The molecule has 0 aliphatic rings. The predicted octanol–water partition coefficient (Wildman–Crippen LogP) is 1.34. The van der Waals surface area contributed by atoms with Crippen LogP contribution in [0.3, 0.4) is 0 Å². The van der Waals surface area contributed by atoms with Gasteiger partial charge in [-0.1, -0.05) is 0 Å². The van der Waals surface area contributed by atoms with E-state index in [2.05, 4.69) is 25.3 Å². The molecule has 2 N–H and O–H groups in total. The number of H-pyrrole nitrogens is 1. The van der Waals surface area contributed by atoms with Gasteiger partial charge in [0.1, 0.15) is 11.6 Å². The second-order valence-electron chi connectivity index (χ2n) is 4.85. The lowest BCUT2D eigenvalue weighted by Gasteiger charge is -2.15. The molecule has 106 valence electrons. The molecule has 0 amide bonds. The van der Waals surface area contributed by atoms with Gasteiger partial charge in [0.25, 0.3) is 5.56 Å². The molecule has 1 atom stereocenters. The van der Waals surface area contributed by atoms with Gasteiger partial charge in [0.05, 0.1) is 11.3 Å². The Morgan fingerprint density at radius 2 is 2.05 bits per heavy atom. The van der Waals surface area contributed by atoms with Crippen LogP contribution in [0, 0.1) is 20.8 Å². The van der Waals surface area contributed by atoms with Crippen LogP contribution in [0.15, 0.2) is 17.1 Å². The number of aryl methyl sites for hydroxylation is 3. The fourth-order valence-electron chi connectivity index (χ4n) is 2.21. The molecule has 6 nitrogen and oxygen atoms in total. The Hall–Kier alpha value is -2.08. The van der Waals surface area contributed by atoms with Crippen molar-refractivity contribution in [3.8, 4) is 0 Å². The maximum Gasteiger partial charge on any atom is 0.255 e. The number of rotatable bonds is 4. The van der Waals surface area contributed by atoms with Crippen LogP contribution in [-0.4, -0.2) is 19.9 Å². The molecule has 2 aromatic heterocycles. The number of nitrogens with one attached hydrogen (secondary N) is 2. The van der Waals surface area contributed by atoms with Crippen molar-refractivity contribution in [2.24, 2.45) is 0 Å². The van der Waals surface area contributed by atoms with Gasteiger partial charge in [-0.3, -0.25) is 4.79 Å². The van der Waals surface area contributed by atoms with Crippen molar-refractivity contribution in [3.05, 3.63) is 51.2 Å². The first-order valence-electron chi connectivity index (χ1n) is 6.56. The van der Waals surface area contributed by atoms with Crippen molar-refractivity contribution < 1.29 is 0 Å². The van der Waals surface area contributed by atoms with Crippen LogP contribution < -0.4 is 10.9 Å². The third-order valence-electron chi connectivity index (χ3n) is 3.12. The Morgan fingerprint density at radius 1 is 1.30 bits per heavy atom. The normalized spacial score (nSPS) is 12.4. The van der Waals surface area contributed by atoms with Gasteiger partial charge >= 0.3 is 0 Å². The van der Waals surface area contributed by atoms with Crippen LogP contribution in [0.4, 0.5) is 0 Å². The first-order chi connectivity index (χ1) is 9.47. The van der Waals surface area contributed by atoms with Crippen molar-refractivity contribution in [2.45, 2.75) is 40.3 Å². The highest BCUT2D eigenvalue weighted by Crippen LogP contribution is 2.11. The number of aromatic amines is 1. The molecule has 1 unspecified atom stereocenters. The average Bonchev–Trinajstić information content (AvgIpc) is 2.35. The molecule has 20 heavy (non-hydrogen) atoms. The summed E-state index contributed by atoms with van der Waals surface area (Å²) in [7, 11) is 0. The monoisotopic (exact) mass is 273 g/mol. The van der Waals surface area contributed by atoms with E-state index in [1.807, 2.05) is 26.8 Å². The summed E-state index contributed by atoms with van der Waals surface area (Å²) < 4.78 is 0. The Morgan fingerprint density at radius 3 is 2.70 bits per heavy atom. The van der Waals surface area contributed by atoms with Crippen LogP contribution in [0.1, 0.15) is 41.6 Å². The van der Waals surface area contributed by atoms with Gasteiger partial charge < -0.3 is 10.3 Å². The molecule has 0 spiro atoms. The second-order valence-corrected chi connectivity index (χ2v) is 4.85. The van der Waals surface area contributed by atoms with E-state index < -0.39 is 0 Å². The van der Waals surface area contributed by atoms with Crippen LogP contribution in [0.2, 0.25) is 0 Å². The third kappa shape index (κ3) is 3.27. The minimum Gasteiger partial charge on any atom is -0.310 e. The number of hydrogen-bond donors (Lipinski definition) is 2. The Labute approximate surface area is 117 Å². The number of hydrogen-bond acceptors (Lipinski definition) is 5. The lowest BCUT2D eigenvalue weighted by Crippen LogP contribution is -2.28. The van der Waals surface area contributed by atoms with E-state index in [0.717, 1.165) is 17.2 Å². The highest BCUT2D eigenvalue weighted by molar-refractivity contribution is 5.20. The largest absolute Gasteiger partial charge is 0.310 e. The molecule has 0 aromatic carbocycles. The zero-order valence-corrected chi connectivity index (χ0v) is 12.2. The van der Waals surface area contributed by atoms with E-state index in [0.29, 0.717) is 17.9 Å². The zero-order chi connectivity index (χ0) is 14.7. The molecule has 0 radical (unpaired) electrons. The molecule has 6 heteroatoms. The molecule has 0 fully saturated rings. The maximum absolute atomic E-state index is 12.0. The highest BCUT2D eigenvalue weighted by atomic mass is 16.1. The fraction of sp³-hybridized carbons (Fsp3) is 0.429. The van der Waals surface area contributed by atoms with Gasteiger partial charge in [-0.2, -0.15) is 0 Å². The SMILES string of the molecule is Cc1nccc(CNC(C)c2c(C)nc(C)[nH]c2=O)n1. The molecular weight excluding hydrogens is 254 g/mol. The Kier molecular flexibility index (Phi) is 4.24. The first-order valence-corrected chi connectivity index (χ1v) is 6.56. The van der Waals surface area contributed by atoms with Gasteiger partial charge in [-0.15, -0.1) is 0 Å². The standard InChI is InChI=1S/C14H19N5O/c1-8(13-9(2)17-11(4)19-14(13)20)16-7-12-5-6-15-10(3)18-12/h5-6,8,16H,7H2,1-4H3,(H,17,19,20). The van der Waals surface area contributed by atoms with Gasteiger partial charge in [0, 0.05) is 24.5 Å². The molecule has 2 aromatic rings. The molecule has 2 heterocycles. The summed E-state index contributed by atoms with van der Waals surface area (Å²) in [5.74, 6) is 1.37. The van der Waals surface area contributed by atoms with E-state index in [1.54, 1.807) is 13.1 Å². The molecule has 2 rings (SSSR count). The van der Waals surface area contributed by atoms with E-state index in [-0.39, 0.29) is 11.6 Å². The molecule has 0 saturated carbocycles. The topological polar surface area (TPSA) is 83.6 Å². The molecular formula is C14H19N5O. The lowest BCUT2D eigenvalue weighted by atomic mass is 10.1. The van der Waals surface area contributed by atoms with Crippen molar-refractivity contribution >= 4 is 0 Å². The lowest BCUT2D eigenvalue weighted by molar-refractivity contribution is 0.555. The van der Waals surface area contributed by atoms with E-state index in [1.165, 1.54) is 0 Å². The van der Waals surface area contributed by atoms with E-state index in [4.69, 9.17) is 0 Å². The van der Waals surface area contributed by atoms with Crippen LogP contribution in [0.25, 0.3) is 0 Å². The van der Waals surface area contributed by atoms with Crippen molar-refractivity contribution in [1.29, 1.82) is 0 Å². The second kappa shape index (κ2) is 5.92. The third-order valence-corrected chi connectivity index (χ3v) is 3.12. The first kappa shape index (κ1) is 14.3. The summed E-state index contributed by atoms with van der Waals surface area (Å²) in [4.78, 5) is 27.4. The van der Waals surface area contributed by atoms with E-state index in [9.17, 15) is 4.79 Å². The minimum absolute atomic E-state index is 0.0890. The number of aromatic nitrogens is 4. The summed E-state index contributed by atoms with van der Waals surface area (Å²) in [6.07, 6.45) is 1.73. The van der Waals surface area contributed by atoms with Gasteiger partial charge in [0.2, 0.25) is 0 Å². The van der Waals surface area contributed by atoms with Crippen molar-refractivity contribution in [3.63, 3.8) is 0 Å². The molecule has 0 aliphatic carbocycles.